The van der Waals surface area contributed by atoms with E-state index in [9.17, 15) is 19.5 Å². The normalized spacial score (nSPS) is 13.7. The van der Waals surface area contributed by atoms with E-state index in [0.29, 0.717) is 41.2 Å². The highest BCUT2D eigenvalue weighted by Gasteiger charge is 2.22. The molecular weight excluding hydrogens is 376 g/mol. The van der Waals surface area contributed by atoms with E-state index < -0.39 is 17.9 Å². The molecule has 3 rings (SSSR count). The fourth-order valence-electron chi connectivity index (χ4n) is 3.26. The molecule has 0 saturated heterocycles. The molecule has 29 heavy (non-hydrogen) atoms. The van der Waals surface area contributed by atoms with Crippen molar-refractivity contribution in [2.45, 2.75) is 25.3 Å². The van der Waals surface area contributed by atoms with Crippen molar-refractivity contribution in [3.63, 3.8) is 0 Å². The molecule has 0 aromatic heterocycles. The molecule has 1 atom stereocenters. The molecule has 2 amide bonds. The Morgan fingerprint density at radius 1 is 1.10 bits per heavy atom. The van der Waals surface area contributed by atoms with Crippen molar-refractivity contribution in [1.82, 2.24) is 5.32 Å². The first-order valence-corrected chi connectivity index (χ1v) is 9.08. The maximum atomic E-state index is 12.8. The first kappa shape index (κ1) is 20.2. The summed E-state index contributed by atoms with van der Waals surface area (Å²) in [5.74, 6) is -0.541. The van der Waals surface area contributed by atoms with E-state index in [-0.39, 0.29) is 12.3 Å². The quantitative estimate of drug-likeness (QED) is 0.660. The van der Waals surface area contributed by atoms with Crippen LogP contribution < -0.4 is 20.1 Å². The number of aryl methyl sites for hydroxylation is 1. The summed E-state index contributed by atoms with van der Waals surface area (Å²) in [7, 11) is 2.99. The van der Waals surface area contributed by atoms with E-state index in [0.717, 1.165) is 5.56 Å². The number of hydrogen-bond donors (Lipinski definition) is 3. The van der Waals surface area contributed by atoms with Crippen LogP contribution in [0.15, 0.2) is 36.4 Å². The predicted molar refractivity (Wildman–Crippen MR) is 105 cm³/mol. The topological polar surface area (TPSA) is 114 Å². The van der Waals surface area contributed by atoms with Gasteiger partial charge in [-0.15, -0.1) is 0 Å². The van der Waals surface area contributed by atoms with E-state index in [1.54, 1.807) is 36.4 Å². The Morgan fingerprint density at radius 3 is 2.55 bits per heavy atom. The number of amides is 2. The lowest BCUT2D eigenvalue weighted by atomic mass is 9.99. The average Bonchev–Trinajstić information content (AvgIpc) is 2.71. The van der Waals surface area contributed by atoms with Gasteiger partial charge in [0, 0.05) is 17.7 Å². The third-order valence-electron chi connectivity index (χ3n) is 4.76. The number of rotatable bonds is 7. The number of ether oxygens (including phenoxy) is 2. The lowest BCUT2D eigenvalue weighted by Crippen LogP contribution is -2.30. The highest BCUT2D eigenvalue weighted by molar-refractivity contribution is 5.98. The summed E-state index contributed by atoms with van der Waals surface area (Å²) in [4.78, 5) is 35.6. The average molecular weight is 398 g/mol. The number of carbonyl (C=O) groups is 3. The van der Waals surface area contributed by atoms with Crippen LogP contribution in [0.25, 0.3) is 0 Å². The van der Waals surface area contributed by atoms with Crippen LogP contribution in [-0.2, 0) is 16.0 Å². The first-order valence-electron chi connectivity index (χ1n) is 9.08. The molecule has 152 valence electrons. The van der Waals surface area contributed by atoms with Crippen molar-refractivity contribution in [2.24, 2.45) is 0 Å². The van der Waals surface area contributed by atoms with Crippen LogP contribution >= 0.6 is 0 Å². The zero-order valence-electron chi connectivity index (χ0n) is 16.2. The minimum absolute atomic E-state index is 0.0512. The Kier molecular flexibility index (Phi) is 6.01. The zero-order valence-corrected chi connectivity index (χ0v) is 16.2. The lowest BCUT2D eigenvalue weighted by Gasteiger charge is -2.20. The van der Waals surface area contributed by atoms with Gasteiger partial charge in [-0.05, 0) is 47.9 Å². The smallest absolute Gasteiger partial charge is 0.305 e. The van der Waals surface area contributed by atoms with Gasteiger partial charge in [0.15, 0.2) is 11.5 Å². The number of nitrogens with one attached hydrogen (secondary N) is 2. The second-order valence-electron chi connectivity index (χ2n) is 6.66. The number of benzene rings is 2. The van der Waals surface area contributed by atoms with Gasteiger partial charge in [0.1, 0.15) is 0 Å². The molecule has 8 heteroatoms. The van der Waals surface area contributed by atoms with Gasteiger partial charge < -0.3 is 25.2 Å². The van der Waals surface area contributed by atoms with Crippen molar-refractivity contribution in [3.8, 4) is 11.5 Å². The molecule has 0 saturated carbocycles. The Balaban J connectivity index is 1.84. The number of aliphatic carboxylic acids is 1. The number of anilines is 1. The summed E-state index contributed by atoms with van der Waals surface area (Å²) in [6, 6.07) is 9.26. The summed E-state index contributed by atoms with van der Waals surface area (Å²) in [6.45, 7) is 0. The molecule has 1 unspecified atom stereocenters. The maximum absolute atomic E-state index is 12.8. The number of fused-ring (bicyclic) bond motifs is 1. The maximum Gasteiger partial charge on any atom is 0.305 e. The minimum Gasteiger partial charge on any atom is -0.493 e. The molecule has 0 radical (unpaired) electrons. The molecule has 1 aliphatic rings. The second kappa shape index (κ2) is 8.64. The summed E-state index contributed by atoms with van der Waals surface area (Å²) < 4.78 is 10.5. The fourth-order valence-corrected chi connectivity index (χ4v) is 3.26. The number of hydrogen-bond acceptors (Lipinski definition) is 5. The molecular formula is C21H22N2O6. The number of carbonyl (C=O) groups excluding carboxylic acids is 2. The van der Waals surface area contributed by atoms with E-state index in [4.69, 9.17) is 9.47 Å². The van der Waals surface area contributed by atoms with Gasteiger partial charge in [0.05, 0.1) is 26.7 Å². The second-order valence-corrected chi connectivity index (χ2v) is 6.66. The molecule has 0 spiro atoms. The summed E-state index contributed by atoms with van der Waals surface area (Å²) in [5.41, 5.74) is 2.55. The van der Waals surface area contributed by atoms with Gasteiger partial charge in [-0.25, -0.2) is 0 Å². The highest BCUT2D eigenvalue weighted by atomic mass is 16.5. The van der Waals surface area contributed by atoms with Crippen LogP contribution in [0.5, 0.6) is 11.5 Å². The van der Waals surface area contributed by atoms with Crippen LogP contribution in [-0.4, -0.2) is 37.1 Å². The number of methoxy groups -OCH3 is 2. The van der Waals surface area contributed by atoms with Gasteiger partial charge in [0.2, 0.25) is 5.91 Å². The van der Waals surface area contributed by atoms with Gasteiger partial charge in [-0.1, -0.05) is 6.07 Å². The third kappa shape index (κ3) is 4.66. The number of carboxylic acids is 1. The zero-order chi connectivity index (χ0) is 21.0. The summed E-state index contributed by atoms with van der Waals surface area (Å²) in [6.07, 6.45) is 0.629. The standard InChI is InChI=1S/C21H22N2O6/c1-28-17-7-4-13(10-18(17)29-2)16(11-20(25)26)23-21(27)14-3-6-15-12(9-14)5-8-19(24)22-15/h3-4,6-7,9-10,16H,5,8,11H2,1-2H3,(H,22,24)(H,23,27)(H,25,26). The van der Waals surface area contributed by atoms with E-state index >= 15 is 0 Å². The van der Waals surface area contributed by atoms with Crippen molar-refractivity contribution in [2.75, 3.05) is 19.5 Å². The summed E-state index contributed by atoms with van der Waals surface area (Å²) in [5, 5.41) is 14.8. The Hall–Kier alpha value is -3.55. The van der Waals surface area contributed by atoms with Gasteiger partial charge >= 0.3 is 5.97 Å². The SMILES string of the molecule is COc1ccc(C(CC(=O)O)NC(=O)c2ccc3c(c2)CCC(=O)N3)cc1OC. The van der Waals surface area contributed by atoms with Gasteiger partial charge in [0.25, 0.3) is 5.91 Å². The van der Waals surface area contributed by atoms with Crippen molar-refractivity contribution in [3.05, 3.63) is 53.1 Å². The fraction of sp³-hybridized carbons (Fsp3) is 0.286. The van der Waals surface area contributed by atoms with Crippen LogP contribution in [0.4, 0.5) is 5.69 Å². The van der Waals surface area contributed by atoms with Crippen molar-refractivity contribution < 1.29 is 29.0 Å². The Morgan fingerprint density at radius 2 is 1.86 bits per heavy atom. The predicted octanol–water partition coefficient (Wildman–Crippen LogP) is 2.53. The Labute approximate surface area is 167 Å². The van der Waals surface area contributed by atoms with Crippen molar-refractivity contribution in [1.29, 1.82) is 0 Å². The minimum atomic E-state index is -1.04. The van der Waals surface area contributed by atoms with Crippen LogP contribution in [0.1, 0.15) is 40.4 Å². The third-order valence-corrected chi connectivity index (χ3v) is 4.76. The molecule has 2 aromatic rings. The molecule has 8 nitrogen and oxygen atoms in total. The Bertz CT molecular complexity index is 956. The van der Waals surface area contributed by atoms with E-state index in [2.05, 4.69) is 10.6 Å². The van der Waals surface area contributed by atoms with Gasteiger partial charge in [-0.3, -0.25) is 14.4 Å². The van der Waals surface area contributed by atoms with Crippen molar-refractivity contribution >= 4 is 23.5 Å². The lowest BCUT2D eigenvalue weighted by molar-refractivity contribution is -0.137. The molecule has 2 aromatic carbocycles. The van der Waals surface area contributed by atoms with Gasteiger partial charge in [-0.2, -0.15) is 0 Å². The largest absolute Gasteiger partial charge is 0.493 e. The molecule has 0 fully saturated rings. The molecule has 0 bridgehead atoms. The molecule has 1 aliphatic heterocycles. The molecule has 0 aliphatic carbocycles. The molecule has 3 N–H and O–H groups in total. The van der Waals surface area contributed by atoms with E-state index in [1.165, 1.54) is 14.2 Å². The van der Waals surface area contributed by atoms with Crippen LogP contribution in [0, 0.1) is 0 Å². The monoisotopic (exact) mass is 398 g/mol. The highest BCUT2D eigenvalue weighted by Crippen LogP contribution is 2.31. The van der Waals surface area contributed by atoms with Crippen LogP contribution in [0.3, 0.4) is 0 Å². The summed E-state index contributed by atoms with van der Waals surface area (Å²) >= 11 is 0. The first-order chi connectivity index (χ1) is 13.9. The van der Waals surface area contributed by atoms with E-state index in [1.807, 2.05) is 0 Å². The molecule has 1 heterocycles. The van der Waals surface area contributed by atoms with Crippen LogP contribution in [0.2, 0.25) is 0 Å². The number of carboxylic acid groups (broad SMARTS) is 1.